The molecule has 1 atom stereocenters. The topological polar surface area (TPSA) is 58.6 Å². The second-order valence-corrected chi connectivity index (χ2v) is 6.78. The number of anilines is 1. The van der Waals surface area contributed by atoms with Crippen molar-refractivity contribution in [1.29, 1.82) is 0 Å². The van der Waals surface area contributed by atoms with Crippen molar-refractivity contribution in [3.05, 3.63) is 60.2 Å². The summed E-state index contributed by atoms with van der Waals surface area (Å²) in [6.07, 6.45) is 0. The van der Waals surface area contributed by atoms with Crippen LogP contribution in [0.25, 0.3) is 0 Å². The number of carbonyl (C=O) groups excluding carboxylic acids is 2. The Morgan fingerprint density at radius 1 is 1.20 bits per heavy atom. The fourth-order valence-electron chi connectivity index (χ4n) is 2.68. The second kappa shape index (κ2) is 8.07. The molecule has 1 N–H and O–H groups in total. The predicted octanol–water partition coefficient (Wildman–Crippen LogP) is 3.30. The summed E-state index contributed by atoms with van der Waals surface area (Å²) < 4.78 is 5.71. The smallest absolute Gasteiger partial charge is 0.233 e. The van der Waals surface area contributed by atoms with Crippen molar-refractivity contribution in [1.82, 2.24) is 4.90 Å². The highest BCUT2D eigenvalue weighted by Crippen LogP contribution is 2.38. The molecule has 1 saturated heterocycles. The van der Waals surface area contributed by atoms with Crippen LogP contribution in [-0.4, -0.2) is 35.6 Å². The van der Waals surface area contributed by atoms with Gasteiger partial charge in [0.05, 0.1) is 12.3 Å². The average Bonchev–Trinajstić information content (AvgIpc) is 2.97. The van der Waals surface area contributed by atoms with Gasteiger partial charge >= 0.3 is 0 Å². The summed E-state index contributed by atoms with van der Waals surface area (Å²) in [7, 11) is 0. The molecule has 1 heterocycles. The number of rotatable bonds is 6. The number of benzene rings is 2. The van der Waals surface area contributed by atoms with E-state index in [2.05, 4.69) is 5.32 Å². The van der Waals surface area contributed by atoms with Crippen LogP contribution < -0.4 is 10.1 Å². The van der Waals surface area contributed by atoms with E-state index in [0.717, 1.165) is 17.0 Å². The highest BCUT2D eigenvalue weighted by Gasteiger charge is 2.32. The Labute approximate surface area is 151 Å². The van der Waals surface area contributed by atoms with Gasteiger partial charge in [-0.1, -0.05) is 30.3 Å². The van der Waals surface area contributed by atoms with Crippen molar-refractivity contribution in [2.45, 2.75) is 12.3 Å². The summed E-state index contributed by atoms with van der Waals surface area (Å²) in [6.45, 7) is 2.48. The first-order valence-electron chi connectivity index (χ1n) is 8.10. The largest absolute Gasteiger partial charge is 0.492 e. The minimum absolute atomic E-state index is 0.0155. The molecule has 1 aliphatic heterocycles. The van der Waals surface area contributed by atoms with Gasteiger partial charge in [-0.05, 0) is 29.8 Å². The summed E-state index contributed by atoms with van der Waals surface area (Å²) in [6, 6.07) is 17.2. The highest BCUT2D eigenvalue weighted by molar-refractivity contribution is 8.00. The maximum atomic E-state index is 12.2. The minimum Gasteiger partial charge on any atom is -0.492 e. The van der Waals surface area contributed by atoms with Crippen LogP contribution in [0.4, 0.5) is 5.69 Å². The van der Waals surface area contributed by atoms with Gasteiger partial charge in [-0.2, -0.15) is 0 Å². The number of para-hydroxylation sites is 1. The van der Waals surface area contributed by atoms with Crippen molar-refractivity contribution < 1.29 is 14.3 Å². The van der Waals surface area contributed by atoms with Gasteiger partial charge in [0.1, 0.15) is 17.7 Å². The molecule has 0 radical (unpaired) electrons. The third-order valence-corrected chi connectivity index (χ3v) is 5.08. The van der Waals surface area contributed by atoms with Crippen LogP contribution in [0.3, 0.4) is 0 Å². The summed E-state index contributed by atoms with van der Waals surface area (Å²) in [5.41, 5.74) is 1.80. The quantitative estimate of drug-likeness (QED) is 0.863. The van der Waals surface area contributed by atoms with Gasteiger partial charge in [0.2, 0.25) is 11.8 Å². The molecule has 0 bridgehead atoms. The molecule has 0 spiro atoms. The summed E-state index contributed by atoms with van der Waals surface area (Å²) >= 11 is 1.61. The van der Waals surface area contributed by atoms with E-state index >= 15 is 0 Å². The summed E-state index contributed by atoms with van der Waals surface area (Å²) in [4.78, 5) is 25.2. The standard InChI is InChI=1S/C19H20N2O3S/c1-14(22)20-16-9-7-15(8-10-16)19-21(18(23)13-25-19)11-12-24-17-5-3-2-4-6-17/h2-10,19H,11-13H2,1H3,(H,20,22). The number of hydrogen-bond donors (Lipinski definition) is 1. The fraction of sp³-hybridized carbons (Fsp3) is 0.263. The van der Waals surface area contributed by atoms with Crippen LogP contribution in [0.5, 0.6) is 5.75 Å². The molecule has 25 heavy (non-hydrogen) atoms. The molecule has 0 aromatic heterocycles. The molecule has 130 valence electrons. The molecule has 1 fully saturated rings. The van der Waals surface area contributed by atoms with E-state index in [4.69, 9.17) is 4.74 Å². The van der Waals surface area contributed by atoms with E-state index in [1.54, 1.807) is 11.8 Å². The Morgan fingerprint density at radius 3 is 2.60 bits per heavy atom. The maximum Gasteiger partial charge on any atom is 0.233 e. The van der Waals surface area contributed by atoms with Crippen LogP contribution in [0.2, 0.25) is 0 Å². The van der Waals surface area contributed by atoms with Crippen LogP contribution in [-0.2, 0) is 9.59 Å². The molecule has 2 amide bonds. The molecule has 1 aliphatic rings. The minimum atomic E-state index is -0.0992. The van der Waals surface area contributed by atoms with Crippen molar-refractivity contribution in [3.8, 4) is 5.75 Å². The number of ether oxygens (including phenoxy) is 1. The molecule has 5 nitrogen and oxygen atoms in total. The first-order chi connectivity index (χ1) is 12.1. The number of nitrogens with zero attached hydrogens (tertiary/aromatic N) is 1. The lowest BCUT2D eigenvalue weighted by Gasteiger charge is -2.24. The second-order valence-electron chi connectivity index (χ2n) is 5.72. The van der Waals surface area contributed by atoms with Gasteiger partial charge in [0.25, 0.3) is 0 Å². The van der Waals surface area contributed by atoms with Gasteiger partial charge < -0.3 is 15.0 Å². The van der Waals surface area contributed by atoms with E-state index in [1.807, 2.05) is 59.5 Å². The molecule has 3 rings (SSSR count). The van der Waals surface area contributed by atoms with Crippen molar-refractivity contribution in [2.24, 2.45) is 0 Å². The van der Waals surface area contributed by atoms with Gasteiger partial charge in [-0.15, -0.1) is 11.8 Å². The first-order valence-corrected chi connectivity index (χ1v) is 9.15. The maximum absolute atomic E-state index is 12.2. The Kier molecular flexibility index (Phi) is 5.60. The molecule has 0 aliphatic carbocycles. The van der Waals surface area contributed by atoms with Gasteiger partial charge in [-0.3, -0.25) is 9.59 Å². The fourth-order valence-corrected chi connectivity index (χ4v) is 3.90. The average molecular weight is 356 g/mol. The Bertz CT molecular complexity index is 734. The molecule has 6 heteroatoms. The summed E-state index contributed by atoms with van der Waals surface area (Å²) in [5, 5.41) is 2.73. The van der Waals surface area contributed by atoms with Crippen molar-refractivity contribution in [2.75, 3.05) is 24.2 Å². The van der Waals surface area contributed by atoms with Crippen LogP contribution in [0.1, 0.15) is 17.9 Å². The molecule has 0 saturated carbocycles. The van der Waals surface area contributed by atoms with E-state index in [-0.39, 0.29) is 17.2 Å². The van der Waals surface area contributed by atoms with Gasteiger partial charge in [-0.25, -0.2) is 0 Å². The van der Waals surface area contributed by atoms with Crippen LogP contribution in [0, 0.1) is 0 Å². The lowest BCUT2D eigenvalue weighted by atomic mass is 10.2. The zero-order valence-electron chi connectivity index (χ0n) is 14.0. The zero-order chi connectivity index (χ0) is 17.6. The molecular weight excluding hydrogens is 336 g/mol. The van der Waals surface area contributed by atoms with Crippen LogP contribution in [0.15, 0.2) is 54.6 Å². The Balaban J connectivity index is 1.62. The number of thioether (sulfide) groups is 1. The monoisotopic (exact) mass is 356 g/mol. The molecule has 2 aromatic carbocycles. The van der Waals surface area contributed by atoms with E-state index in [9.17, 15) is 9.59 Å². The SMILES string of the molecule is CC(=O)Nc1ccc(C2SCC(=O)N2CCOc2ccccc2)cc1. The third-order valence-electron chi connectivity index (χ3n) is 3.83. The lowest BCUT2D eigenvalue weighted by molar-refractivity contribution is -0.128. The van der Waals surface area contributed by atoms with Gasteiger partial charge in [0, 0.05) is 12.6 Å². The van der Waals surface area contributed by atoms with E-state index in [1.165, 1.54) is 6.92 Å². The van der Waals surface area contributed by atoms with Gasteiger partial charge in [0.15, 0.2) is 0 Å². The number of carbonyl (C=O) groups is 2. The normalized spacial score (nSPS) is 16.8. The first kappa shape index (κ1) is 17.4. The van der Waals surface area contributed by atoms with Crippen molar-refractivity contribution in [3.63, 3.8) is 0 Å². The Hall–Kier alpha value is -2.47. The summed E-state index contributed by atoms with van der Waals surface area (Å²) in [5.74, 6) is 1.30. The van der Waals surface area contributed by atoms with E-state index in [0.29, 0.717) is 18.9 Å². The Morgan fingerprint density at radius 2 is 1.92 bits per heavy atom. The molecule has 2 aromatic rings. The predicted molar refractivity (Wildman–Crippen MR) is 99.6 cm³/mol. The highest BCUT2D eigenvalue weighted by atomic mass is 32.2. The van der Waals surface area contributed by atoms with Crippen LogP contribution >= 0.6 is 11.8 Å². The number of hydrogen-bond acceptors (Lipinski definition) is 4. The third kappa shape index (κ3) is 4.54. The lowest BCUT2D eigenvalue weighted by Crippen LogP contribution is -2.32. The van der Waals surface area contributed by atoms with Crippen molar-refractivity contribution >= 4 is 29.3 Å². The number of nitrogens with one attached hydrogen (secondary N) is 1. The molecular formula is C19H20N2O3S. The number of amides is 2. The molecule has 1 unspecified atom stereocenters. The zero-order valence-corrected chi connectivity index (χ0v) is 14.8. The van der Waals surface area contributed by atoms with E-state index < -0.39 is 0 Å².